The molecule has 3 aromatic rings. The fourth-order valence-electron chi connectivity index (χ4n) is 4.28. The molecule has 0 saturated heterocycles. The number of alkyl halides is 3. The largest absolute Gasteiger partial charge is 0.435 e. The molecule has 1 aliphatic carbocycles. The first-order valence-electron chi connectivity index (χ1n) is 11.9. The topological polar surface area (TPSA) is 124 Å². The van der Waals surface area contributed by atoms with Crippen LogP contribution < -0.4 is 10.6 Å². The van der Waals surface area contributed by atoms with Gasteiger partial charge in [-0.05, 0) is 37.8 Å². The predicted molar refractivity (Wildman–Crippen MR) is 124 cm³/mol. The summed E-state index contributed by atoms with van der Waals surface area (Å²) in [7, 11) is 1.54. The Morgan fingerprint density at radius 3 is 2.46 bits per heavy atom. The number of methoxy groups -OCH3 is 1. The van der Waals surface area contributed by atoms with Crippen LogP contribution >= 0.6 is 0 Å². The first-order chi connectivity index (χ1) is 17.8. The van der Waals surface area contributed by atoms with Crippen molar-refractivity contribution in [1.82, 2.24) is 30.6 Å². The quantitative estimate of drug-likeness (QED) is 0.415. The van der Waals surface area contributed by atoms with Crippen molar-refractivity contribution in [2.45, 2.75) is 44.4 Å². The van der Waals surface area contributed by atoms with Gasteiger partial charge >= 0.3 is 6.18 Å². The van der Waals surface area contributed by atoms with Crippen LogP contribution in [0.15, 0.2) is 40.9 Å². The molecule has 0 aliphatic heterocycles. The second kappa shape index (κ2) is 11.5. The second-order valence-electron chi connectivity index (χ2n) is 8.73. The summed E-state index contributed by atoms with van der Waals surface area (Å²) in [5.74, 6) is -0.241. The molecule has 10 nitrogen and oxygen atoms in total. The Labute approximate surface area is 210 Å². The molecule has 1 saturated carbocycles. The van der Waals surface area contributed by atoms with Crippen molar-refractivity contribution in [3.8, 4) is 5.69 Å². The molecule has 4 rings (SSSR count). The van der Waals surface area contributed by atoms with E-state index in [2.05, 4.69) is 25.9 Å². The SMILES string of the molecule is COCc1nnc(C2CCC(C(=O)NCCNC(=O)c3cn(-c4ccccc4)nc3C(F)(F)F)CC2)o1. The van der Waals surface area contributed by atoms with Crippen LogP contribution in [0.4, 0.5) is 13.2 Å². The first kappa shape index (κ1) is 26.3. The summed E-state index contributed by atoms with van der Waals surface area (Å²) in [6, 6.07) is 8.20. The first-order valence-corrected chi connectivity index (χ1v) is 11.9. The number of nitrogens with one attached hydrogen (secondary N) is 2. The van der Waals surface area contributed by atoms with Gasteiger partial charge in [0.2, 0.25) is 17.7 Å². The van der Waals surface area contributed by atoms with E-state index in [1.165, 1.54) is 0 Å². The van der Waals surface area contributed by atoms with Crippen molar-refractivity contribution < 1.29 is 31.9 Å². The van der Waals surface area contributed by atoms with E-state index in [0.29, 0.717) is 30.3 Å². The molecule has 2 N–H and O–H groups in total. The molecule has 1 aliphatic rings. The van der Waals surface area contributed by atoms with Crippen molar-refractivity contribution in [3.05, 3.63) is 59.6 Å². The molecule has 2 heterocycles. The van der Waals surface area contributed by atoms with Crippen molar-refractivity contribution in [2.24, 2.45) is 5.92 Å². The summed E-state index contributed by atoms with van der Waals surface area (Å²) in [4.78, 5) is 25.0. The van der Waals surface area contributed by atoms with Gasteiger partial charge in [-0.15, -0.1) is 10.2 Å². The number of aromatic nitrogens is 4. The van der Waals surface area contributed by atoms with Gasteiger partial charge in [0.05, 0.1) is 11.3 Å². The van der Waals surface area contributed by atoms with Crippen molar-refractivity contribution in [3.63, 3.8) is 0 Å². The van der Waals surface area contributed by atoms with Gasteiger partial charge in [-0.1, -0.05) is 18.2 Å². The Morgan fingerprint density at radius 1 is 1.08 bits per heavy atom. The summed E-state index contributed by atoms with van der Waals surface area (Å²) in [6.45, 7) is 0.300. The number of amides is 2. The lowest BCUT2D eigenvalue weighted by Crippen LogP contribution is -2.38. The van der Waals surface area contributed by atoms with Gasteiger partial charge in [0.25, 0.3) is 5.91 Å². The van der Waals surface area contributed by atoms with E-state index in [4.69, 9.17) is 9.15 Å². The molecule has 1 fully saturated rings. The van der Waals surface area contributed by atoms with Crippen LogP contribution in [0.3, 0.4) is 0 Å². The van der Waals surface area contributed by atoms with Crippen LogP contribution in [-0.2, 0) is 22.3 Å². The second-order valence-corrected chi connectivity index (χ2v) is 8.73. The number of para-hydroxylation sites is 1. The average Bonchev–Trinajstić information content (AvgIpc) is 3.55. The Kier molecular flexibility index (Phi) is 8.21. The van der Waals surface area contributed by atoms with Crippen molar-refractivity contribution in [2.75, 3.05) is 20.2 Å². The highest BCUT2D eigenvalue weighted by Gasteiger charge is 2.39. The highest BCUT2D eigenvalue weighted by molar-refractivity contribution is 5.95. The molecule has 0 spiro atoms. The van der Waals surface area contributed by atoms with Crippen LogP contribution in [0.2, 0.25) is 0 Å². The van der Waals surface area contributed by atoms with E-state index in [0.717, 1.165) is 23.7 Å². The Morgan fingerprint density at radius 2 is 1.78 bits per heavy atom. The Hall–Kier alpha value is -3.74. The van der Waals surface area contributed by atoms with Crippen LogP contribution in [0.1, 0.15) is 59.4 Å². The molecule has 0 radical (unpaired) electrons. The number of carbonyl (C=O) groups is 2. The summed E-state index contributed by atoms with van der Waals surface area (Å²) < 4.78 is 52.0. The Balaban J connectivity index is 1.25. The highest BCUT2D eigenvalue weighted by atomic mass is 19.4. The van der Waals surface area contributed by atoms with E-state index >= 15 is 0 Å². The van der Waals surface area contributed by atoms with E-state index in [9.17, 15) is 22.8 Å². The summed E-state index contributed by atoms with van der Waals surface area (Å²) in [5, 5.41) is 16.7. The average molecular weight is 521 g/mol. The molecule has 13 heteroatoms. The number of rotatable bonds is 9. The van der Waals surface area contributed by atoms with Gasteiger partial charge in [0.15, 0.2) is 5.69 Å². The summed E-state index contributed by atoms with van der Waals surface area (Å²) in [5.41, 5.74) is -1.47. The normalized spacial score (nSPS) is 17.9. The fraction of sp³-hybridized carbons (Fsp3) is 0.458. The van der Waals surface area contributed by atoms with Crippen LogP contribution in [0.5, 0.6) is 0 Å². The predicted octanol–water partition coefficient (Wildman–Crippen LogP) is 3.24. The molecule has 0 atom stereocenters. The minimum Gasteiger partial charge on any atom is -0.422 e. The number of ether oxygens (including phenoxy) is 1. The fourth-order valence-corrected chi connectivity index (χ4v) is 4.28. The van der Waals surface area contributed by atoms with E-state index in [1.54, 1.807) is 37.4 Å². The summed E-state index contributed by atoms with van der Waals surface area (Å²) in [6.07, 6.45) is -1.04. The summed E-state index contributed by atoms with van der Waals surface area (Å²) >= 11 is 0. The molecule has 37 heavy (non-hydrogen) atoms. The number of benzene rings is 1. The number of nitrogens with zero attached hydrogens (tertiary/aromatic N) is 4. The molecule has 2 aromatic heterocycles. The van der Waals surface area contributed by atoms with E-state index < -0.39 is 23.3 Å². The molecular formula is C24H27F3N6O4. The third kappa shape index (κ3) is 6.53. The zero-order valence-electron chi connectivity index (χ0n) is 20.1. The van der Waals surface area contributed by atoms with Crippen LogP contribution in [-0.4, -0.2) is 52.0 Å². The van der Waals surface area contributed by atoms with Gasteiger partial charge in [-0.2, -0.15) is 18.3 Å². The standard InChI is InChI=1S/C24H27F3N6O4/c1-36-14-19-30-31-23(37-19)16-9-7-15(8-10-16)21(34)28-11-12-29-22(35)18-13-33(17-5-3-2-4-6-17)32-20(18)24(25,26)27/h2-6,13,15-16H,7-12,14H2,1H3,(H,28,34)(H,29,35). The van der Waals surface area contributed by atoms with Crippen molar-refractivity contribution >= 4 is 11.8 Å². The van der Waals surface area contributed by atoms with E-state index in [1.807, 2.05) is 0 Å². The highest BCUT2D eigenvalue weighted by Crippen LogP contribution is 2.35. The molecule has 0 bridgehead atoms. The molecular weight excluding hydrogens is 493 g/mol. The number of carbonyl (C=O) groups excluding carboxylic acids is 2. The molecule has 0 unspecified atom stereocenters. The lowest BCUT2D eigenvalue weighted by atomic mass is 9.81. The van der Waals surface area contributed by atoms with Crippen molar-refractivity contribution in [1.29, 1.82) is 0 Å². The maximum absolute atomic E-state index is 13.5. The molecule has 198 valence electrons. The van der Waals surface area contributed by atoms with Gasteiger partial charge < -0.3 is 19.8 Å². The lowest BCUT2D eigenvalue weighted by molar-refractivity contribution is -0.141. The van der Waals surface area contributed by atoms with E-state index in [-0.39, 0.29) is 37.4 Å². The van der Waals surface area contributed by atoms with Gasteiger partial charge in [0, 0.05) is 38.2 Å². The molecule has 1 aromatic carbocycles. The minimum absolute atomic E-state index is 0.0298. The van der Waals surface area contributed by atoms with Gasteiger partial charge in [-0.3, -0.25) is 9.59 Å². The zero-order chi connectivity index (χ0) is 26.4. The van der Waals surface area contributed by atoms with Crippen LogP contribution in [0.25, 0.3) is 5.69 Å². The maximum Gasteiger partial charge on any atom is 0.435 e. The number of hydrogen-bond acceptors (Lipinski definition) is 7. The lowest BCUT2D eigenvalue weighted by Gasteiger charge is -2.25. The third-order valence-electron chi connectivity index (χ3n) is 6.16. The third-order valence-corrected chi connectivity index (χ3v) is 6.16. The van der Waals surface area contributed by atoms with Gasteiger partial charge in [0.1, 0.15) is 6.61 Å². The smallest absolute Gasteiger partial charge is 0.422 e. The maximum atomic E-state index is 13.5. The van der Waals surface area contributed by atoms with Gasteiger partial charge in [-0.25, -0.2) is 4.68 Å². The Bertz CT molecular complexity index is 1200. The minimum atomic E-state index is -4.80. The monoisotopic (exact) mass is 520 g/mol. The van der Waals surface area contributed by atoms with Crippen LogP contribution in [0, 0.1) is 5.92 Å². The molecule has 2 amide bonds. The number of halogens is 3. The number of hydrogen-bond donors (Lipinski definition) is 2. The zero-order valence-corrected chi connectivity index (χ0v) is 20.1.